The third-order valence-electron chi connectivity index (χ3n) is 3.97. The Morgan fingerprint density at radius 3 is 2.67 bits per heavy atom. The Labute approximate surface area is 125 Å². The van der Waals surface area contributed by atoms with Gasteiger partial charge in [0.2, 0.25) is 0 Å². The lowest BCUT2D eigenvalue weighted by Gasteiger charge is -2.47. The predicted molar refractivity (Wildman–Crippen MR) is 79.2 cm³/mol. The van der Waals surface area contributed by atoms with Crippen molar-refractivity contribution < 1.29 is 9.77 Å². The Bertz CT molecular complexity index is 415. The van der Waals surface area contributed by atoms with Gasteiger partial charge in [0, 0.05) is 31.7 Å². The van der Waals surface area contributed by atoms with Gasteiger partial charge in [0.25, 0.3) is 5.96 Å². The minimum atomic E-state index is -0.614. The molecule has 0 radical (unpaired) electrons. The molecule has 2 fully saturated rings. The van der Waals surface area contributed by atoms with Gasteiger partial charge >= 0.3 is 0 Å². The van der Waals surface area contributed by atoms with E-state index < -0.39 is 5.03 Å². The van der Waals surface area contributed by atoms with Gasteiger partial charge in [0.15, 0.2) is 5.03 Å². The minimum Gasteiger partial charge on any atom is -0.381 e. The van der Waals surface area contributed by atoms with Crippen LogP contribution in [0.2, 0.25) is 0 Å². The Morgan fingerprint density at radius 1 is 1.43 bits per heavy atom. The first-order chi connectivity index (χ1) is 9.77. The van der Waals surface area contributed by atoms with E-state index in [1.807, 2.05) is 16.8 Å². The fourth-order valence-electron chi connectivity index (χ4n) is 2.69. The SMILES string of the molecule is CN1CN(C(C)(C)C)CN(CC2CCOC2)C1=N[N+](=O)[O-]. The Balaban J connectivity index is 2.16. The number of guanidine groups is 1. The van der Waals surface area contributed by atoms with Crippen LogP contribution in [-0.4, -0.2) is 71.4 Å². The third-order valence-corrected chi connectivity index (χ3v) is 3.97. The van der Waals surface area contributed by atoms with E-state index in [1.54, 1.807) is 0 Å². The van der Waals surface area contributed by atoms with E-state index in [0.717, 1.165) is 26.2 Å². The summed E-state index contributed by atoms with van der Waals surface area (Å²) in [6.45, 7) is 9.96. The molecule has 2 aliphatic heterocycles. The molecule has 2 saturated heterocycles. The van der Waals surface area contributed by atoms with Crippen molar-refractivity contribution in [2.24, 2.45) is 11.0 Å². The second kappa shape index (κ2) is 6.15. The summed E-state index contributed by atoms with van der Waals surface area (Å²) in [4.78, 5) is 16.9. The Kier molecular flexibility index (Phi) is 4.67. The summed E-state index contributed by atoms with van der Waals surface area (Å²) in [5.41, 5.74) is -0.00116. The van der Waals surface area contributed by atoms with Crippen molar-refractivity contribution in [3.63, 3.8) is 0 Å². The summed E-state index contributed by atoms with van der Waals surface area (Å²) < 4.78 is 5.41. The van der Waals surface area contributed by atoms with E-state index in [1.165, 1.54) is 0 Å². The maximum Gasteiger partial charge on any atom is 0.275 e. The van der Waals surface area contributed by atoms with Crippen molar-refractivity contribution >= 4 is 5.96 Å². The topological polar surface area (TPSA) is 74.5 Å². The summed E-state index contributed by atoms with van der Waals surface area (Å²) in [6.07, 6.45) is 1.00. The predicted octanol–water partition coefficient (Wildman–Crippen LogP) is 0.833. The summed E-state index contributed by atoms with van der Waals surface area (Å²) in [7, 11) is 1.85. The molecule has 0 aliphatic carbocycles. The first kappa shape index (κ1) is 16.0. The van der Waals surface area contributed by atoms with Gasteiger partial charge in [-0.2, -0.15) is 0 Å². The van der Waals surface area contributed by atoms with Crippen LogP contribution in [0.25, 0.3) is 0 Å². The molecule has 1 unspecified atom stereocenters. The third kappa shape index (κ3) is 4.04. The molecular formula is C13H25N5O3. The molecule has 2 heterocycles. The number of hydrazone groups is 1. The van der Waals surface area contributed by atoms with Crippen molar-refractivity contribution in [1.82, 2.24) is 14.7 Å². The monoisotopic (exact) mass is 299 g/mol. The molecule has 8 heteroatoms. The molecule has 0 N–H and O–H groups in total. The minimum absolute atomic E-state index is 0.00116. The van der Waals surface area contributed by atoms with E-state index >= 15 is 0 Å². The van der Waals surface area contributed by atoms with E-state index in [2.05, 4.69) is 30.8 Å². The van der Waals surface area contributed by atoms with Gasteiger partial charge in [-0.1, -0.05) is 0 Å². The van der Waals surface area contributed by atoms with Gasteiger partial charge in [-0.05, 0) is 27.2 Å². The largest absolute Gasteiger partial charge is 0.381 e. The molecule has 8 nitrogen and oxygen atoms in total. The zero-order chi connectivity index (χ0) is 15.6. The molecule has 0 amide bonds. The Hall–Kier alpha value is -1.41. The molecule has 0 saturated carbocycles. The van der Waals surface area contributed by atoms with Crippen LogP contribution in [0.3, 0.4) is 0 Å². The maximum absolute atomic E-state index is 10.8. The van der Waals surface area contributed by atoms with E-state index in [0.29, 0.717) is 25.2 Å². The average molecular weight is 299 g/mol. The fourth-order valence-corrected chi connectivity index (χ4v) is 2.69. The highest BCUT2D eigenvalue weighted by Crippen LogP contribution is 2.22. The molecular weight excluding hydrogens is 274 g/mol. The lowest BCUT2D eigenvalue weighted by atomic mass is 10.1. The molecule has 2 aliphatic rings. The number of ether oxygens (including phenoxy) is 1. The molecule has 0 spiro atoms. The molecule has 0 aromatic rings. The van der Waals surface area contributed by atoms with Gasteiger partial charge in [0.1, 0.15) is 5.10 Å². The van der Waals surface area contributed by atoms with Crippen LogP contribution >= 0.6 is 0 Å². The number of hydrogen-bond donors (Lipinski definition) is 0. The maximum atomic E-state index is 10.8. The van der Waals surface area contributed by atoms with Gasteiger partial charge in [-0.3, -0.25) is 4.90 Å². The molecule has 0 bridgehead atoms. The zero-order valence-electron chi connectivity index (χ0n) is 13.3. The quantitative estimate of drug-likeness (QED) is 0.568. The van der Waals surface area contributed by atoms with Crippen LogP contribution in [0.1, 0.15) is 27.2 Å². The zero-order valence-corrected chi connectivity index (χ0v) is 13.3. The molecule has 0 aromatic carbocycles. The summed E-state index contributed by atoms with van der Waals surface area (Å²) in [5, 5.41) is 13.8. The highest BCUT2D eigenvalue weighted by Gasteiger charge is 2.35. The van der Waals surface area contributed by atoms with Gasteiger partial charge < -0.3 is 14.5 Å². The number of rotatable bonds is 3. The number of nitro groups is 1. The van der Waals surface area contributed by atoms with Gasteiger partial charge in [-0.15, -0.1) is 0 Å². The number of nitrogens with zero attached hydrogens (tertiary/aromatic N) is 5. The van der Waals surface area contributed by atoms with Gasteiger partial charge in [-0.25, -0.2) is 10.1 Å². The highest BCUT2D eigenvalue weighted by molar-refractivity contribution is 5.79. The van der Waals surface area contributed by atoms with Crippen molar-refractivity contribution in [1.29, 1.82) is 0 Å². The second-order valence-electron chi connectivity index (χ2n) is 6.78. The van der Waals surface area contributed by atoms with Crippen molar-refractivity contribution in [2.75, 3.05) is 40.1 Å². The van der Waals surface area contributed by atoms with Crippen molar-refractivity contribution in [3.05, 3.63) is 10.1 Å². The summed E-state index contributed by atoms with van der Waals surface area (Å²) in [6, 6.07) is 0. The van der Waals surface area contributed by atoms with Crippen LogP contribution in [-0.2, 0) is 4.74 Å². The van der Waals surface area contributed by atoms with Crippen molar-refractivity contribution in [2.45, 2.75) is 32.7 Å². The van der Waals surface area contributed by atoms with E-state index in [4.69, 9.17) is 4.74 Å². The van der Waals surface area contributed by atoms with Crippen LogP contribution < -0.4 is 0 Å². The summed E-state index contributed by atoms with van der Waals surface area (Å²) in [5.74, 6) is 0.850. The van der Waals surface area contributed by atoms with Crippen molar-refractivity contribution in [3.8, 4) is 0 Å². The lowest BCUT2D eigenvalue weighted by molar-refractivity contribution is -0.486. The van der Waals surface area contributed by atoms with Crippen LogP contribution in [0.15, 0.2) is 5.10 Å². The standard InChI is InChI=1S/C13H25N5O3/c1-13(2,3)17-9-15(4)12(14-18(19)20)16(10-17)7-11-5-6-21-8-11/h11H,5-10H2,1-4H3. The molecule has 0 aromatic heterocycles. The van der Waals surface area contributed by atoms with Gasteiger partial charge in [0.05, 0.1) is 19.9 Å². The van der Waals surface area contributed by atoms with Crippen LogP contribution in [0.5, 0.6) is 0 Å². The smallest absolute Gasteiger partial charge is 0.275 e. The molecule has 1 atom stereocenters. The Morgan fingerprint density at radius 2 is 2.14 bits per heavy atom. The first-order valence-electron chi connectivity index (χ1n) is 7.29. The number of hydrogen-bond acceptors (Lipinski definition) is 4. The average Bonchev–Trinajstić information content (AvgIpc) is 2.84. The summed E-state index contributed by atoms with van der Waals surface area (Å²) >= 11 is 0. The van der Waals surface area contributed by atoms with E-state index in [-0.39, 0.29) is 5.54 Å². The second-order valence-corrected chi connectivity index (χ2v) is 6.78. The highest BCUT2D eigenvalue weighted by atomic mass is 16.7. The van der Waals surface area contributed by atoms with Crippen LogP contribution in [0, 0.1) is 16.0 Å². The van der Waals surface area contributed by atoms with E-state index in [9.17, 15) is 10.1 Å². The molecule has 21 heavy (non-hydrogen) atoms. The fraction of sp³-hybridized carbons (Fsp3) is 0.923. The lowest BCUT2D eigenvalue weighted by Crippen LogP contribution is -2.62. The normalized spacial score (nSPS) is 26.7. The first-order valence-corrected chi connectivity index (χ1v) is 7.29. The van der Waals surface area contributed by atoms with Crippen LogP contribution in [0.4, 0.5) is 0 Å². The molecule has 120 valence electrons. The molecule has 2 rings (SSSR count).